The standard InChI is InChI=1S/C16H22N2O3/c1-16(15(20)21)8-3-2-7-13(16)18-14(19)10-11-5-4-6-12(17)9-11/h4-6,9,13H,2-3,7-8,10,17H2,1H3,(H,18,19)(H,20,21). The molecular weight excluding hydrogens is 268 g/mol. The SMILES string of the molecule is CC1(C(=O)O)CCCCC1NC(=O)Cc1cccc(N)c1. The van der Waals surface area contributed by atoms with Crippen LogP contribution in [-0.2, 0) is 16.0 Å². The van der Waals surface area contributed by atoms with Gasteiger partial charge in [0.15, 0.2) is 0 Å². The Morgan fingerprint density at radius 1 is 1.43 bits per heavy atom. The van der Waals surface area contributed by atoms with E-state index >= 15 is 0 Å². The van der Waals surface area contributed by atoms with E-state index < -0.39 is 11.4 Å². The average molecular weight is 290 g/mol. The number of nitrogens with two attached hydrogens (primary N) is 1. The fourth-order valence-corrected chi connectivity index (χ4v) is 2.95. The van der Waals surface area contributed by atoms with Crippen molar-refractivity contribution < 1.29 is 14.7 Å². The molecule has 1 aliphatic carbocycles. The van der Waals surface area contributed by atoms with Crippen LogP contribution in [0.15, 0.2) is 24.3 Å². The number of hydrogen-bond acceptors (Lipinski definition) is 3. The molecule has 0 aromatic heterocycles. The highest BCUT2D eigenvalue weighted by molar-refractivity contribution is 5.81. The van der Waals surface area contributed by atoms with Crippen LogP contribution in [-0.4, -0.2) is 23.0 Å². The van der Waals surface area contributed by atoms with Crippen molar-refractivity contribution >= 4 is 17.6 Å². The summed E-state index contributed by atoms with van der Waals surface area (Å²) in [6, 6.07) is 6.87. The van der Waals surface area contributed by atoms with Crippen LogP contribution in [0.3, 0.4) is 0 Å². The zero-order valence-electron chi connectivity index (χ0n) is 12.3. The molecule has 4 N–H and O–H groups in total. The minimum Gasteiger partial charge on any atom is -0.481 e. The van der Waals surface area contributed by atoms with Crippen LogP contribution in [0.1, 0.15) is 38.2 Å². The van der Waals surface area contributed by atoms with Gasteiger partial charge in [0.1, 0.15) is 0 Å². The number of aliphatic carboxylic acids is 1. The van der Waals surface area contributed by atoms with Crippen molar-refractivity contribution in [1.29, 1.82) is 0 Å². The normalized spacial score (nSPS) is 25.3. The summed E-state index contributed by atoms with van der Waals surface area (Å²) in [6.45, 7) is 1.72. The minimum absolute atomic E-state index is 0.153. The van der Waals surface area contributed by atoms with Crippen LogP contribution in [0.2, 0.25) is 0 Å². The van der Waals surface area contributed by atoms with E-state index in [0.717, 1.165) is 18.4 Å². The molecule has 1 aliphatic rings. The monoisotopic (exact) mass is 290 g/mol. The average Bonchev–Trinajstić information content (AvgIpc) is 2.41. The first-order valence-corrected chi connectivity index (χ1v) is 7.29. The number of hydrogen-bond donors (Lipinski definition) is 3. The third-order valence-corrected chi connectivity index (χ3v) is 4.35. The van der Waals surface area contributed by atoms with Gasteiger partial charge < -0.3 is 16.2 Å². The zero-order valence-corrected chi connectivity index (χ0v) is 12.3. The predicted molar refractivity (Wildman–Crippen MR) is 80.7 cm³/mol. The molecule has 1 amide bonds. The number of carboxylic acids is 1. The molecule has 1 fully saturated rings. The number of amides is 1. The Hall–Kier alpha value is -2.04. The molecule has 1 aromatic carbocycles. The summed E-state index contributed by atoms with van der Waals surface area (Å²) in [6.07, 6.45) is 3.38. The molecule has 0 heterocycles. The predicted octanol–water partition coefficient (Wildman–Crippen LogP) is 1.96. The summed E-state index contributed by atoms with van der Waals surface area (Å²) < 4.78 is 0. The molecule has 0 spiro atoms. The van der Waals surface area contributed by atoms with Gasteiger partial charge in [-0.3, -0.25) is 9.59 Å². The lowest BCUT2D eigenvalue weighted by Crippen LogP contribution is -2.52. The Bertz CT molecular complexity index is 544. The molecule has 0 aliphatic heterocycles. The van der Waals surface area contributed by atoms with Crippen LogP contribution in [0, 0.1) is 5.41 Å². The van der Waals surface area contributed by atoms with Gasteiger partial charge >= 0.3 is 5.97 Å². The molecule has 114 valence electrons. The van der Waals surface area contributed by atoms with Gasteiger partial charge in [-0.1, -0.05) is 25.0 Å². The Labute approximate surface area is 124 Å². The highest BCUT2D eigenvalue weighted by Gasteiger charge is 2.43. The highest BCUT2D eigenvalue weighted by Crippen LogP contribution is 2.36. The molecule has 5 heteroatoms. The van der Waals surface area contributed by atoms with E-state index in [1.165, 1.54) is 0 Å². The first-order chi connectivity index (χ1) is 9.91. The van der Waals surface area contributed by atoms with Crippen molar-refractivity contribution in [2.45, 2.75) is 45.1 Å². The Balaban J connectivity index is 2.02. The Morgan fingerprint density at radius 2 is 2.19 bits per heavy atom. The maximum atomic E-state index is 12.2. The van der Waals surface area contributed by atoms with Crippen LogP contribution < -0.4 is 11.1 Å². The molecule has 1 saturated carbocycles. The lowest BCUT2D eigenvalue weighted by molar-refractivity contribution is -0.152. The van der Waals surface area contributed by atoms with Gasteiger partial charge in [-0.05, 0) is 37.5 Å². The van der Waals surface area contributed by atoms with Gasteiger partial charge in [-0.2, -0.15) is 0 Å². The van der Waals surface area contributed by atoms with Crippen molar-refractivity contribution in [3.05, 3.63) is 29.8 Å². The second kappa shape index (κ2) is 6.16. The molecular formula is C16H22N2O3. The molecule has 2 rings (SSSR count). The Kier molecular flexibility index (Phi) is 4.50. The number of carbonyl (C=O) groups is 2. The lowest BCUT2D eigenvalue weighted by Gasteiger charge is -2.38. The number of nitrogens with one attached hydrogen (secondary N) is 1. The minimum atomic E-state index is -0.871. The van der Waals surface area contributed by atoms with E-state index in [2.05, 4.69) is 5.32 Å². The van der Waals surface area contributed by atoms with Crippen LogP contribution in [0.25, 0.3) is 0 Å². The summed E-state index contributed by atoms with van der Waals surface area (Å²) in [7, 11) is 0. The number of rotatable bonds is 4. The van der Waals surface area contributed by atoms with Gasteiger partial charge in [0, 0.05) is 11.7 Å². The van der Waals surface area contributed by atoms with Crippen LogP contribution >= 0.6 is 0 Å². The molecule has 0 bridgehead atoms. The number of carbonyl (C=O) groups excluding carboxylic acids is 1. The molecule has 2 atom stereocenters. The van der Waals surface area contributed by atoms with Gasteiger partial charge in [0.05, 0.1) is 11.8 Å². The number of carboxylic acid groups (broad SMARTS) is 1. The quantitative estimate of drug-likeness (QED) is 0.739. The van der Waals surface area contributed by atoms with E-state index in [1.54, 1.807) is 25.1 Å². The van der Waals surface area contributed by atoms with Gasteiger partial charge in [-0.25, -0.2) is 0 Å². The number of nitrogen functional groups attached to an aromatic ring is 1. The molecule has 0 radical (unpaired) electrons. The fourth-order valence-electron chi connectivity index (χ4n) is 2.95. The second-order valence-electron chi connectivity index (χ2n) is 6.01. The second-order valence-corrected chi connectivity index (χ2v) is 6.01. The lowest BCUT2D eigenvalue weighted by atomic mass is 9.71. The molecule has 5 nitrogen and oxygen atoms in total. The summed E-state index contributed by atoms with van der Waals surface area (Å²) >= 11 is 0. The zero-order chi connectivity index (χ0) is 15.5. The third-order valence-electron chi connectivity index (χ3n) is 4.35. The first kappa shape index (κ1) is 15.4. The number of anilines is 1. The van der Waals surface area contributed by atoms with Crippen LogP contribution in [0.4, 0.5) is 5.69 Å². The van der Waals surface area contributed by atoms with Gasteiger partial charge in [0.2, 0.25) is 5.91 Å². The topological polar surface area (TPSA) is 92.4 Å². The van der Waals surface area contributed by atoms with Crippen molar-refractivity contribution in [3.63, 3.8) is 0 Å². The summed E-state index contributed by atoms with van der Waals surface area (Å²) in [4.78, 5) is 23.7. The fraction of sp³-hybridized carbons (Fsp3) is 0.500. The maximum absolute atomic E-state index is 12.2. The third kappa shape index (κ3) is 3.54. The summed E-state index contributed by atoms with van der Waals surface area (Å²) in [5.74, 6) is -0.989. The molecule has 0 saturated heterocycles. The van der Waals surface area contributed by atoms with Crippen molar-refractivity contribution in [3.8, 4) is 0 Å². The van der Waals surface area contributed by atoms with Gasteiger partial charge in [0.25, 0.3) is 0 Å². The summed E-state index contributed by atoms with van der Waals surface area (Å²) in [5, 5.41) is 12.3. The first-order valence-electron chi connectivity index (χ1n) is 7.29. The highest BCUT2D eigenvalue weighted by atomic mass is 16.4. The van der Waals surface area contributed by atoms with Crippen molar-refractivity contribution in [1.82, 2.24) is 5.32 Å². The van der Waals surface area contributed by atoms with Crippen LogP contribution in [0.5, 0.6) is 0 Å². The van der Waals surface area contributed by atoms with E-state index in [4.69, 9.17) is 5.73 Å². The summed E-state index contributed by atoms with van der Waals surface area (Å²) in [5.41, 5.74) is 6.27. The van der Waals surface area contributed by atoms with Crippen molar-refractivity contribution in [2.75, 3.05) is 5.73 Å². The van der Waals surface area contributed by atoms with E-state index in [1.807, 2.05) is 6.07 Å². The molecule has 2 unspecified atom stereocenters. The smallest absolute Gasteiger partial charge is 0.311 e. The van der Waals surface area contributed by atoms with Gasteiger partial charge in [-0.15, -0.1) is 0 Å². The molecule has 21 heavy (non-hydrogen) atoms. The van der Waals surface area contributed by atoms with E-state index in [0.29, 0.717) is 18.5 Å². The van der Waals surface area contributed by atoms with Crippen molar-refractivity contribution in [2.24, 2.45) is 5.41 Å². The molecule has 1 aromatic rings. The Morgan fingerprint density at radius 3 is 2.86 bits per heavy atom. The largest absolute Gasteiger partial charge is 0.481 e. The number of benzene rings is 1. The van der Waals surface area contributed by atoms with E-state index in [-0.39, 0.29) is 18.4 Å². The maximum Gasteiger partial charge on any atom is 0.311 e. The van der Waals surface area contributed by atoms with E-state index in [9.17, 15) is 14.7 Å².